The highest BCUT2D eigenvalue weighted by atomic mass is 79.9. The SMILES string of the molecule is O=CN1CCCC1c1ccc(Br)cc1. The molecule has 1 aliphatic heterocycles. The largest absolute Gasteiger partial charge is 0.338 e. The molecule has 0 aromatic heterocycles. The summed E-state index contributed by atoms with van der Waals surface area (Å²) in [5.41, 5.74) is 1.23. The molecule has 1 unspecified atom stereocenters. The van der Waals surface area contributed by atoms with Crippen molar-refractivity contribution in [1.82, 2.24) is 4.90 Å². The molecule has 0 bridgehead atoms. The van der Waals surface area contributed by atoms with Crippen molar-refractivity contribution in [3.8, 4) is 0 Å². The lowest BCUT2D eigenvalue weighted by Gasteiger charge is -2.20. The molecule has 1 amide bonds. The Morgan fingerprint density at radius 2 is 2.07 bits per heavy atom. The van der Waals surface area contributed by atoms with Crippen LogP contribution in [0.4, 0.5) is 0 Å². The number of hydrogen-bond acceptors (Lipinski definition) is 1. The smallest absolute Gasteiger partial charge is 0.210 e. The number of nitrogens with zero attached hydrogens (tertiary/aromatic N) is 1. The van der Waals surface area contributed by atoms with Gasteiger partial charge in [-0.15, -0.1) is 0 Å². The first-order valence-electron chi connectivity index (χ1n) is 4.78. The van der Waals surface area contributed by atoms with E-state index in [0.717, 1.165) is 30.3 Å². The van der Waals surface area contributed by atoms with E-state index < -0.39 is 0 Å². The van der Waals surface area contributed by atoms with Crippen LogP contribution in [-0.4, -0.2) is 17.9 Å². The highest BCUT2D eigenvalue weighted by molar-refractivity contribution is 9.10. The molecule has 0 spiro atoms. The summed E-state index contributed by atoms with van der Waals surface area (Å²) in [4.78, 5) is 12.7. The molecule has 1 aromatic rings. The maximum absolute atomic E-state index is 10.8. The van der Waals surface area contributed by atoms with Crippen LogP contribution in [0.25, 0.3) is 0 Å². The first-order valence-corrected chi connectivity index (χ1v) is 5.57. The zero-order valence-corrected chi connectivity index (χ0v) is 9.40. The minimum atomic E-state index is 0.292. The molecule has 3 heteroatoms. The Morgan fingerprint density at radius 1 is 1.36 bits per heavy atom. The molecular weight excluding hydrogens is 242 g/mol. The molecule has 1 aliphatic rings. The highest BCUT2D eigenvalue weighted by Gasteiger charge is 2.23. The molecule has 0 N–H and O–H groups in total. The van der Waals surface area contributed by atoms with Gasteiger partial charge in [0, 0.05) is 11.0 Å². The maximum atomic E-state index is 10.8. The van der Waals surface area contributed by atoms with Crippen LogP contribution in [-0.2, 0) is 4.79 Å². The number of carbonyl (C=O) groups excluding carboxylic acids is 1. The molecule has 1 saturated heterocycles. The molecule has 1 atom stereocenters. The Kier molecular flexibility index (Phi) is 2.87. The number of benzene rings is 1. The van der Waals surface area contributed by atoms with Gasteiger partial charge in [-0.3, -0.25) is 4.79 Å². The Bertz CT molecular complexity index is 323. The lowest BCUT2D eigenvalue weighted by Crippen LogP contribution is -2.20. The van der Waals surface area contributed by atoms with E-state index in [2.05, 4.69) is 28.1 Å². The number of carbonyl (C=O) groups is 1. The van der Waals surface area contributed by atoms with E-state index in [9.17, 15) is 4.79 Å². The van der Waals surface area contributed by atoms with Crippen molar-refractivity contribution < 1.29 is 4.79 Å². The first kappa shape index (κ1) is 9.71. The van der Waals surface area contributed by atoms with Crippen LogP contribution in [0, 0.1) is 0 Å². The fourth-order valence-electron chi connectivity index (χ4n) is 1.96. The molecule has 2 rings (SSSR count). The van der Waals surface area contributed by atoms with Crippen LogP contribution < -0.4 is 0 Å². The molecule has 74 valence electrons. The van der Waals surface area contributed by atoms with Gasteiger partial charge >= 0.3 is 0 Å². The zero-order valence-electron chi connectivity index (χ0n) is 7.82. The predicted octanol–water partition coefficient (Wildman–Crippen LogP) is 2.74. The van der Waals surface area contributed by atoms with Gasteiger partial charge in [0.05, 0.1) is 6.04 Å². The van der Waals surface area contributed by atoms with Gasteiger partial charge in [-0.1, -0.05) is 28.1 Å². The average Bonchev–Trinajstić information content (AvgIpc) is 2.67. The Hall–Kier alpha value is -0.830. The van der Waals surface area contributed by atoms with Crippen molar-refractivity contribution >= 4 is 22.3 Å². The van der Waals surface area contributed by atoms with Crippen LogP contribution in [0.3, 0.4) is 0 Å². The summed E-state index contributed by atoms with van der Waals surface area (Å²) in [6.07, 6.45) is 3.15. The van der Waals surface area contributed by atoms with Crippen LogP contribution in [0.1, 0.15) is 24.4 Å². The van der Waals surface area contributed by atoms with Crippen LogP contribution in [0.15, 0.2) is 28.7 Å². The summed E-state index contributed by atoms with van der Waals surface area (Å²) >= 11 is 3.40. The highest BCUT2D eigenvalue weighted by Crippen LogP contribution is 2.30. The summed E-state index contributed by atoms with van der Waals surface area (Å²) in [6.45, 7) is 0.893. The minimum absolute atomic E-state index is 0.292. The third-order valence-electron chi connectivity index (χ3n) is 2.68. The number of rotatable bonds is 2. The topological polar surface area (TPSA) is 20.3 Å². The molecule has 1 heterocycles. The number of likely N-dealkylation sites (tertiary alicyclic amines) is 1. The third-order valence-corrected chi connectivity index (χ3v) is 3.21. The van der Waals surface area contributed by atoms with E-state index in [1.807, 2.05) is 17.0 Å². The lowest BCUT2D eigenvalue weighted by atomic mass is 10.1. The quantitative estimate of drug-likeness (QED) is 0.743. The molecular formula is C11H12BrNO. The Balaban J connectivity index is 2.21. The second kappa shape index (κ2) is 4.13. The van der Waals surface area contributed by atoms with Gasteiger partial charge in [-0.25, -0.2) is 0 Å². The maximum Gasteiger partial charge on any atom is 0.210 e. The molecule has 14 heavy (non-hydrogen) atoms. The van der Waals surface area contributed by atoms with E-state index in [1.165, 1.54) is 5.56 Å². The van der Waals surface area contributed by atoms with Gasteiger partial charge in [0.15, 0.2) is 0 Å². The third kappa shape index (κ3) is 1.82. The summed E-state index contributed by atoms with van der Waals surface area (Å²) < 4.78 is 1.08. The van der Waals surface area contributed by atoms with E-state index in [1.54, 1.807) is 0 Å². The fraction of sp³-hybridized carbons (Fsp3) is 0.364. The van der Waals surface area contributed by atoms with E-state index in [4.69, 9.17) is 0 Å². The summed E-state index contributed by atoms with van der Waals surface area (Å²) in [6, 6.07) is 8.50. The lowest BCUT2D eigenvalue weighted by molar-refractivity contribution is -0.118. The summed E-state index contributed by atoms with van der Waals surface area (Å²) in [7, 11) is 0. The predicted molar refractivity (Wildman–Crippen MR) is 58.9 cm³/mol. The average molecular weight is 254 g/mol. The van der Waals surface area contributed by atoms with Crippen LogP contribution in [0.2, 0.25) is 0 Å². The van der Waals surface area contributed by atoms with Crippen LogP contribution >= 0.6 is 15.9 Å². The van der Waals surface area contributed by atoms with Crippen molar-refractivity contribution in [3.63, 3.8) is 0 Å². The number of hydrogen-bond donors (Lipinski definition) is 0. The van der Waals surface area contributed by atoms with E-state index in [-0.39, 0.29) is 0 Å². The number of halogens is 1. The van der Waals surface area contributed by atoms with Crippen molar-refractivity contribution in [2.75, 3.05) is 6.54 Å². The van der Waals surface area contributed by atoms with Gasteiger partial charge in [0.25, 0.3) is 0 Å². The van der Waals surface area contributed by atoms with Crippen molar-refractivity contribution in [2.45, 2.75) is 18.9 Å². The summed E-state index contributed by atoms with van der Waals surface area (Å²) in [5, 5.41) is 0. The first-order chi connectivity index (χ1) is 6.81. The second-order valence-electron chi connectivity index (χ2n) is 3.55. The Morgan fingerprint density at radius 3 is 2.71 bits per heavy atom. The fourth-order valence-corrected chi connectivity index (χ4v) is 2.22. The molecule has 1 fully saturated rings. The minimum Gasteiger partial charge on any atom is -0.338 e. The van der Waals surface area contributed by atoms with Crippen molar-refractivity contribution in [3.05, 3.63) is 34.3 Å². The zero-order chi connectivity index (χ0) is 9.97. The van der Waals surface area contributed by atoms with Gasteiger partial charge < -0.3 is 4.90 Å². The van der Waals surface area contributed by atoms with Gasteiger partial charge in [-0.05, 0) is 30.5 Å². The second-order valence-corrected chi connectivity index (χ2v) is 4.47. The molecule has 2 nitrogen and oxygen atoms in total. The monoisotopic (exact) mass is 253 g/mol. The summed E-state index contributed by atoms with van der Waals surface area (Å²) in [5.74, 6) is 0. The van der Waals surface area contributed by atoms with E-state index >= 15 is 0 Å². The molecule has 0 saturated carbocycles. The normalized spacial score (nSPS) is 21.2. The Labute approximate surface area is 92.0 Å². The molecule has 0 radical (unpaired) electrons. The van der Waals surface area contributed by atoms with Gasteiger partial charge in [-0.2, -0.15) is 0 Å². The van der Waals surface area contributed by atoms with Crippen LogP contribution in [0.5, 0.6) is 0 Å². The van der Waals surface area contributed by atoms with E-state index in [0.29, 0.717) is 6.04 Å². The molecule has 1 aromatic carbocycles. The van der Waals surface area contributed by atoms with Crippen molar-refractivity contribution in [1.29, 1.82) is 0 Å². The number of amides is 1. The van der Waals surface area contributed by atoms with Crippen molar-refractivity contribution in [2.24, 2.45) is 0 Å². The van der Waals surface area contributed by atoms with Gasteiger partial charge in [0.1, 0.15) is 0 Å². The molecule has 0 aliphatic carbocycles. The van der Waals surface area contributed by atoms with Gasteiger partial charge in [0.2, 0.25) is 6.41 Å². The standard InChI is InChI=1S/C11H12BrNO/c12-10-5-3-9(4-6-10)11-2-1-7-13(11)8-14/h3-6,8,11H,1-2,7H2.